The van der Waals surface area contributed by atoms with E-state index in [1.165, 1.54) is 0 Å². The molecule has 1 atom stereocenters. The SMILES string of the molecule is CCC(CC)N(C)CC(=O)N1N=C(c2cccs2)C[C@@H]1c1ccc(OC)c(OC)c1. The summed E-state index contributed by atoms with van der Waals surface area (Å²) in [5.74, 6) is 1.34. The number of likely N-dealkylation sites (N-methyl/N-ethyl adjacent to an activating group) is 1. The number of amides is 1. The van der Waals surface area contributed by atoms with Gasteiger partial charge in [0.2, 0.25) is 0 Å². The molecular weight excluding hydrogens is 398 g/mol. The van der Waals surface area contributed by atoms with E-state index >= 15 is 0 Å². The monoisotopic (exact) mass is 429 g/mol. The van der Waals surface area contributed by atoms with Crippen LogP contribution in [-0.2, 0) is 4.79 Å². The predicted octanol–water partition coefficient (Wildman–Crippen LogP) is 4.56. The second kappa shape index (κ2) is 10.1. The maximum absolute atomic E-state index is 13.3. The number of rotatable bonds is 9. The predicted molar refractivity (Wildman–Crippen MR) is 122 cm³/mol. The number of methoxy groups -OCH3 is 2. The highest BCUT2D eigenvalue weighted by molar-refractivity contribution is 7.12. The highest BCUT2D eigenvalue weighted by Crippen LogP contribution is 2.38. The van der Waals surface area contributed by atoms with Gasteiger partial charge in [-0.05, 0) is 49.0 Å². The van der Waals surface area contributed by atoms with E-state index in [-0.39, 0.29) is 11.9 Å². The molecule has 0 fully saturated rings. The summed E-state index contributed by atoms with van der Waals surface area (Å²) in [7, 11) is 5.26. The molecule has 2 heterocycles. The third-order valence-electron chi connectivity index (χ3n) is 5.71. The van der Waals surface area contributed by atoms with E-state index in [9.17, 15) is 4.79 Å². The van der Waals surface area contributed by atoms with Gasteiger partial charge in [-0.3, -0.25) is 9.69 Å². The number of carbonyl (C=O) groups is 1. The number of hydrazone groups is 1. The van der Waals surface area contributed by atoms with Gasteiger partial charge >= 0.3 is 0 Å². The minimum atomic E-state index is -0.162. The molecule has 162 valence electrons. The van der Waals surface area contributed by atoms with Crippen molar-refractivity contribution in [2.75, 3.05) is 27.8 Å². The summed E-state index contributed by atoms with van der Waals surface area (Å²) in [6.07, 6.45) is 2.71. The van der Waals surface area contributed by atoms with Gasteiger partial charge < -0.3 is 9.47 Å². The summed E-state index contributed by atoms with van der Waals surface area (Å²) in [6, 6.07) is 10.1. The lowest BCUT2D eigenvalue weighted by molar-refractivity contribution is -0.134. The molecule has 7 heteroatoms. The van der Waals surface area contributed by atoms with Gasteiger partial charge in [0, 0.05) is 12.5 Å². The quantitative estimate of drug-likeness (QED) is 0.586. The topological polar surface area (TPSA) is 54.4 Å². The fourth-order valence-corrected chi connectivity index (χ4v) is 4.70. The molecule has 0 spiro atoms. The number of hydrogen-bond acceptors (Lipinski definition) is 6. The van der Waals surface area contributed by atoms with Crippen LogP contribution in [-0.4, -0.2) is 55.4 Å². The second-order valence-corrected chi connectivity index (χ2v) is 8.43. The number of ether oxygens (including phenoxy) is 2. The van der Waals surface area contributed by atoms with Gasteiger partial charge in [0.15, 0.2) is 11.5 Å². The Kier molecular flexibility index (Phi) is 7.50. The maximum atomic E-state index is 13.3. The van der Waals surface area contributed by atoms with Crippen LogP contribution in [0.1, 0.15) is 49.6 Å². The van der Waals surface area contributed by atoms with E-state index in [0.717, 1.165) is 29.0 Å². The van der Waals surface area contributed by atoms with Gasteiger partial charge in [-0.15, -0.1) is 11.3 Å². The number of benzene rings is 1. The van der Waals surface area contributed by atoms with Crippen molar-refractivity contribution < 1.29 is 14.3 Å². The number of nitrogens with zero attached hydrogens (tertiary/aromatic N) is 3. The number of carbonyl (C=O) groups excluding carboxylic acids is 1. The summed E-state index contributed by atoms with van der Waals surface area (Å²) < 4.78 is 10.9. The Labute approximate surface area is 183 Å². The van der Waals surface area contributed by atoms with Crippen LogP contribution in [0.25, 0.3) is 0 Å². The molecule has 0 bridgehead atoms. The largest absolute Gasteiger partial charge is 0.493 e. The number of thiophene rings is 1. The molecule has 2 aromatic rings. The van der Waals surface area contributed by atoms with Crippen molar-refractivity contribution in [3.8, 4) is 11.5 Å². The van der Waals surface area contributed by atoms with E-state index in [2.05, 4.69) is 24.8 Å². The van der Waals surface area contributed by atoms with Crippen LogP contribution in [0.4, 0.5) is 0 Å². The minimum absolute atomic E-state index is 0.00995. The van der Waals surface area contributed by atoms with E-state index in [1.54, 1.807) is 30.6 Å². The molecule has 3 rings (SSSR count). The molecule has 0 aliphatic carbocycles. The Morgan fingerprint density at radius 1 is 1.23 bits per heavy atom. The van der Waals surface area contributed by atoms with E-state index < -0.39 is 0 Å². The molecule has 1 aromatic carbocycles. The van der Waals surface area contributed by atoms with Crippen LogP contribution in [0.3, 0.4) is 0 Å². The van der Waals surface area contributed by atoms with Gasteiger partial charge in [0.1, 0.15) is 0 Å². The highest BCUT2D eigenvalue weighted by Gasteiger charge is 2.34. The molecule has 0 saturated carbocycles. The first-order valence-corrected chi connectivity index (χ1v) is 11.3. The summed E-state index contributed by atoms with van der Waals surface area (Å²) in [5.41, 5.74) is 1.94. The average molecular weight is 430 g/mol. The van der Waals surface area contributed by atoms with Crippen molar-refractivity contribution in [2.45, 2.75) is 45.2 Å². The molecule has 0 saturated heterocycles. The molecule has 0 unspecified atom stereocenters. The molecule has 6 nitrogen and oxygen atoms in total. The summed E-state index contributed by atoms with van der Waals surface area (Å²) in [6.45, 7) is 4.66. The molecule has 0 radical (unpaired) electrons. The zero-order valence-corrected chi connectivity index (χ0v) is 19.2. The van der Waals surface area contributed by atoms with Crippen molar-refractivity contribution in [3.05, 3.63) is 46.2 Å². The van der Waals surface area contributed by atoms with Crippen LogP contribution in [0, 0.1) is 0 Å². The molecule has 1 amide bonds. The fourth-order valence-electron chi connectivity index (χ4n) is 3.98. The van der Waals surface area contributed by atoms with Crippen molar-refractivity contribution in [3.63, 3.8) is 0 Å². The van der Waals surface area contributed by atoms with Crippen LogP contribution in [0.15, 0.2) is 40.8 Å². The summed E-state index contributed by atoms with van der Waals surface area (Å²) in [4.78, 5) is 16.5. The molecule has 30 heavy (non-hydrogen) atoms. The minimum Gasteiger partial charge on any atom is -0.493 e. The zero-order chi connectivity index (χ0) is 21.7. The lowest BCUT2D eigenvalue weighted by Crippen LogP contribution is -2.40. The first-order valence-electron chi connectivity index (χ1n) is 10.4. The third-order valence-corrected chi connectivity index (χ3v) is 6.63. The van der Waals surface area contributed by atoms with Gasteiger partial charge in [0.25, 0.3) is 5.91 Å². The standard InChI is InChI=1S/C23H31N3O3S/c1-6-17(7-2)25(3)15-23(27)26-19(14-18(24-26)22-9-8-12-30-22)16-10-11-20(28-4)21(13-16)29-5/h8-13,17,19H,6-7,14-15H2,1-5H3/t19-/m1/s1. The Morgan fingerprint density at radius 2 is 1.97 bits per heavy atom. The summed E-state index contributed by atoms with van der Waals surface area (Å²) >= 11 is 1.65. The smallest absolute Gasteiger partial charge is 0.257 e. The average Bonchev–Trinajstić information content (AvgIpc) is 3.44. The van der Waals surface area contributed by atoms with Crippen LogP contribution in [0.5, 0.6) is 11.5 Å². The Bertz CT molecular complexity index is 878. The van der Waals surface area contributed by atoms with Gasteiger partial charge in [-0.25, -0.2) is 5.01 Å². The van der Waals surface area contributed by atoms with E-state index in [0.29, 0.717) is 30.5 Å². The zero-order valence-electron chi connectivity index (χ0n) is 18.4. The third kappa shape index (κ3) is 4.68. The summed E-state index contributed by atoms with van der Waals surface area (Å²) in [5, 5.41) is 8.46. The van der Waals surface area contributed by atoms with Gasteiger partial charge in [-0.1, -0.05) is 26.0 Å². The maximum Gasteiger partial charge on any atom is 0.257 e. The first-order chi connectivity index (χ1) is 14.5. The molecule has 1 aromatic heterocycles. The van der Waals surface area contributed by atoms with E-state index in [4.69, 9.17) is 14.6 Å². The van der Waals surface area contributed by atoms with Gasteiger partial charge in [-0.2, -0.15) is 5.10 Å². The molecular formula is C23H31N3O3S. The van der Waals surface area contributed by atoms with Crippen molar-refractivity contribution >= 4 is 23.0 Å². The van der Waals surface area contributed by atoms with Gasteiger partial charge in [0.05, 0.1) is 37.4 Å². The van der Waals surface area contributed by atoms with Crippen molar-refractivity contribution in [1.29, 1.82) is 0 Å². The Morgan fingerprint density at radius 3 is 2.57 bits per heavy atom. The Hall–Kier alpha value is -2.38. The van der Waals surface area contributed by atoms with Crippen molar-refractivity contribution in [2.24, 2.45) is 5.10 Å². The Balaban J connectivity index is 1.90. The first kappa shape index (κ1) is 22.3. The fraction of sp³-hybridized carbons (Fsp3) is 0.478. The van der Waals surface area contributed by atoms with Crippen LogP contribution in [0.2, 0.25) is 0 Å². The van der Waals surface area contributed by atoms with E-state index in [1.807, 2.05) is 36.7 Å². The van der Waals surface area contributed by atoms with Crippen molar-refractivity contribution in [1.82, 2.24) is 9.91 Å². The van der Waals surface area contributed by atoms with Crippen LogP contribution < -0.4 is 9.47 Å². The molecule has 1 aliphatic rings. The molecule has 0 N–H and O–H groups in total. The lowest BCUT2D eigenvalue weighted by Gasteiger charge is -2.29. The second-order valence-electron chi connectivity index (χ2n) is 7.48. The molecule has 1 aliphatic heterocycles. The lowest BCUT2D eigenvalue weighted by atomic mass is 10.0. The van der Waals surface area contributed by atoms with Crippen LogP contribution >= 0.6 is 11.3 Å². The number of hydrogen-bond donors (Lipinski definition) is 0. The normalized spacial score (nSPS) is 16.3. The highest BCUT2D eigenvalue weighted by atomic mass is 32.1.